The van der Waals surface area contributed by atoms with Crippen molar-refractivity contribution >= 4 is 0 Å². The fraction of sp³-hybridized carbons (Fsp3) is 0.538. The Morgan fingerprint density at radius 3 is 2.54 bits per heavy atom. The minimum Gasteiger partial charge on any atom is -0.0645 e. The molecule has 0 atom stereocenters. The second kappa shape index (κ2) is 3.17. The summed E-state index contributed by atoms with van der Waals surface area (Å²) in [7, 11) is 0. The summed E-state index contributed by atoms with van der Waals surface area (Å²) in [5, 5.41) is 0. The van der Waals surface area contributed by atoms with Crippen LogP contribution in [-0.2, 0) is 11.8 Å². The molecule has 0 unspecified atom stereocenters. The molecule has 1 aliphatic carbocycles. The van der Waals surface area contributed by atoms with E-state index in [4.69, 9.17) is 0 Å². The van der Waals surface area contributed by atoms with E-state index in [1.807, 2.05) is 0 Å². The van der Waals surface area contributed by atoms with Crippen molar-refractivity contribution in [2.75, 3.05) is 0 Å². The first-order chi connectivity index (χ1) is 6.32. The molecule has 70 valence electrons. The lowest BCUT2D eigenvalue weighted by Crippen LogP contribution is -2.20. The van der Waals surface area contributed by atoms with Crippen molar-refractivity contribution in [1.29, 1.82) is 0 Å². The van der Waals surface area contributed by atoms with Crippen LogP contribution in [0.1, 0.15) is 44.2 Å². The number of aryl methyl sites for hydroxylation is 1. The minimum absolute atomic E-state index is 0.511. The van der Waals surface area contributed by atoms with Crippen LogP contribution >= 0.6 is 0 Å². The summed E-state index contributed by atoms with van der Waals surface area (Å²) in [6, 6.07) is 8.97. The molecule has 0 aliphatic heterocycles. The Bertz CT molecular complexity index is 295. The molecule has 0 amide bonds. The maximum Gasteiger partial charge on any atom is -0.00463 e. The number of fused-ring (bicyclic) bond motifs is 1. The molecule has 0 heterocycles. The van der Waals surface area contributed by atoms with E-state index in [0.29, 0.717) is 5.41 Å². The number of rotatable bonds is 2. The molecule has 0 fully saturated rings. The maximum absolute atomic E-state index is 2.33. The topological polar surface area (TPSA) is 0 Å². The highest BCUT2D eigenvalue weighted by molar-refractivity contribution is 5.39. The molecule has 1 aromatic carbocycles. The van der Waals surface area contributed by atoms with Crippen molar-refractivity contribution in [3.05, 3.63) is 35.4 Å². The Morgan fingerprint density at radius 2 is 1.85 bits per heavy atom. The van der Waals surface area contributed by atoms with E-state index in [1.165, 1.54) is 25.7 Å². The van der Waals surface area contributed by atoms with Crippen LogP contribution in [0.15, 0.2) is 24.3 Å². The lowest BCUT2D eigenvalue weighted by molar-refractivity contribution is 0.394. The van der Waals surface area contributed by atoms with Gasteiger partial charge in [0.05, 0.1) is 0 Å². The predicted molar refractivity (Wildman–Crippen MR) is 57.0 cm³/mol. The van der Waals surface area contributed by atoms with Gasteiger partial charge in [-0.2, -0.15) is 0 Å². The van der Waals surface area contributed by atoms with Crippen molar-refractivity contribution in [2.24, 2.45) is 0 Å². The zero-order valence-corrected chi connectivity index (χ0v) is 8.64. The SMILES string of the molecule is CCC1(CC)CCc2ccccc21. The van der Waals surface area contributed by atoms with Crippen molar-refractivity contribution in [1.82, 2.24) is 0 Å². The van der Waals surface area contributed by atoms with Gasteiger partial charge in [-0.25, -0.2) is 0 Å². The monoisotopic (exact) mass is 174 g/mol. The molecule has 0 aromatic heterocycles. The molecular weight excluding hydrogens is 156 g/mol. The lowest BCUT2D eigenvalue weighted by atomic mass is 9.77. The molecular formula is C13H18. The lowest BCUT2D eigenvalue weighted by Gasteiger charge is -2.27. The third-order valence-corrected chi connectivity index (χ3v) is 3.82. The fourth-order valence-electron chi connectivity index (χ4n) is 2.75. The van der Waals surface area contributed by atoms with Gasteiger partial charge in [0, 0.05) is 0 Å². The summed E-state index contributed by atoms with van der Waals surface area (Å²) in [6.45, 7) is 4.65. The molecule has 0 N–H and O–H groups in total. The van der Waals surface area contributed by atoms with E-state index in [0.717, 1.165) is 0 Å². The van der Waals surface area contributed by atoms with Crippen LogP contribution in [0.5, 0.6) is 0 Å². The summed E-state index contributed by atoms with van der Waals surface area (Å²) < 4.78 is 0. The number of benzene rings is 1. The molecule has 0 bridgehead atoms. The number of hydrogen-bond donors (Lipinski definition) is 0. The van der Waals surface area contributed by atoms with Gasteiger partial charge in [-0.15, -0.1) is 0 Å². The molecule has 2 rings (SSSR count). The van der Waals surface area contributed by atoms with E-state index >= 15 is 0 Å². The first kappa shape index (κ1) is 8.80. The van der Waals surface area contributed by atoms with Gasteiger partial charge in [-0.1, -0.05) is 38.1 Å². The van der Waals surface area contributed by atoms with E-state index in [1.54, 1.807) is 11.1 Å². The molecule has 0 heteroatoms. The summed E-state index contributed by atoms with van der Waals surface area (Å²) in [5.74, 6) is 0. The van der Waals surface area contributed by atoms with Crippen molar-refractivity contribution in [2.45, 2.75) is 44.9 Å². The van der Waals surface area contributed by atoms with Gasteiger partial charge >= 0.3 is 0 Å². The van der Waals surface area contributed by atoms with E-state index in [2.05, 4.69) is 38.1 Å². The first-order valence-corrected chi connectivity index (χ1v) is 5.41. The van der Waals surface area contributed by atoms with Crippen molar-refractivity contribution in [3.63, 3.8) is 0 Å². The Balaban J connectivity index is 2.47. The van der Waals surface area contributed by atoms with Crippen LogP contribution < -0.4 is 0 Å². The molecule has 1 aliphatic rings. The molecule has 0 nitrogen and oxygen atoms in total. The van der Waals surface area contributed by atoms with E-state index in [9.17, 15) is 0 Å². The van der Waals surface area contributed by atoms with Gasteiger partial charge in [0.25, 0.3) is 0 Å². The summed E-state index contributed by atoms with van der Waals surface area (Å²) in [4.78, 5) is 0. The van der Waals surface area contributed by atoms with Crippen LogP contribution in [0.2, 0.25) is 0 Å². The second-order valence-electron chi connectivity index (χ2n) is 4.14. The quantitative estimate of drug-likeness (QED) is 0.641. The second-order valence-corrected chi connectivity index (χ2v) is 4.14. The van der Waals surface area contributed by atoms with Crippen LogP contribution in [0.25, 0.3) is 0 Å². The third kappa shape index (κ3) is 1.20. The molecule has 13 heavy (non-hydrogen) atoms. The van der Waals surface area contributed by atoms with Gasteiger partial charge in [0.2, 0.25) is 0 Å². The molecule has 0 saturated heterocycles. The molecule has 0 saturated carbocycles. The highest BCUT2D eigenvalue weighted by Gasteiger charge is 2.34. The van der Waals surface area contributed by atoms with Crippen LogP contribution in [0.3, 0.4) is 0 Å². The Hall–Kier alpha value is -0.780. The molecule has 0 spiro atoms. The number of hydrogen-bond acceptors (Lipinski definition) is 0. The standard InChI is InChI=1S/C13H18/c1-3-13(4-2)10-9-11-7-5-6-8-12(11)13/h5-8H,3-4,9-10H2,1-2H3. The summed E-state index contributed by atoms with van der Waals surface area (Å²) in [5.41, 5.74) is 3.72. The van der Waals surface area contributed by atoms with Crippen molar-refractivity contribution < 1.29 is 0 Å². The normalized spacial score (nSPS) is 18.6. The van der Waals surface area contributed by atoms with Gasteiger partial charge in [0.15, 0.2) is 0 Å². The van der Waals surface area contributed by atoms with E-state index in [-0.39, 0.29) is 0 Å². The average molecular weight is 174 g/mol. The zero-order chi connectivity index (χ0) is 9.31. The van der Waals surface area contributed by atoms with Gasteiger partial charge in [-0.05, 0) is 42.2 Å². The van der Waals surface area contributed by atoms with Crippen LogP contribution in [0.4, 0.5) is 0 Å². The Kier molecular flexibility index (Phi) is 2.15. The van der Waals surface area contributed by atoms with Gasteiger partial charge < -0.3 is 0 Å². The van der Waals surface area contributed by atoms with Crippen LogP contribution in [-0.4, -0.2) is 0 Å². The van der Waals surface area contributed by atoms with E-state index < -0.39 is 0 Å². The zero-order valence-electron chi connectivity index (χ0n) is 8.64. The highest BCUT2D eigenvalue weighted by atomic mass is 14.4. The van der Waals surface area contributed by atoms with Crippen molar-refractivity contribution in [3.8, 4) is 0 Å². The van der Waals surface area contributed by atoms with Crippen LogP contribution in [0, 0.1) is 0 Å². The molecule has 0 radical (unpaired) electrons. The minimum atomic E-state index is 0.511. The highest BCUT2D eigenvalue weighted by Crippen LogP contribution is 2.43. The maximum atomic E-state index is 2.33. The Labute approximate surface area is 81.0 Å². The first-order valence-electron chi connectivity index (χ1n) is 5.41. The summed E-state index contributed by atoms with van der Waals surface area (Å²) in [6.07, 6.45) is 5.23. The fourth-order valence-corrected chi connectivity index (χ4v) is 2.75. The smallest absolute Gasteiger partial charge is 0.00463 e. The largest absolute Gasteiger partial charge is 0.0645 e. The Morgan fingerprint density at radius 1 is 1.15 bits per heavy atom. The van der Waals surface area contributed by atoms with Gasteiger partial charge in [-0.3, -0.25) is 0 Å². The van der Waals surface area contributed by atoms with Gasteiger partial charge in [0.1, 0.15) is 0 Å². The molecule has 1 aromatic rings. The average Bonchev–Trinajstić information content (AvgIpc) is 2.58. The third-order valence-electron chi connectivity index (χ3n) is 3.82. The summed E-state index contributed by atoms with van der Waals surface area (Å²) >= 11 is 0. The predicted octanol–water partition coefficient (Wildman–Crippen LogP) is 3.69.